The normalized spacial score (nSPS) is 29.0. The van der Waals surface area contributed by atoms with E-state index < -0.39 is 0 Å². The van der Waals surface area contributed by atoms with E-state index >= 15 is 0 Å². The molecule has 2 aliphatic rings. The van der Waals surface area contributed by atoms with Crippen LogP contribution in [0.1, 0.15) is 26.7 Å². The molecule has 0 saturated carbocycles. The second-order valence-corrected chi connectivity index (χ2v) is 6.09. The molecule has 2 heterocycles. The maximum Gasteiger partial charge on any atom is 0.106 e. The van der Waals surface area contributed by atoms with Gasteiger partial charge in [-0.1, -0.05) is 0 Å². The lowest BCUT2D eigenvalue weighted by Crippen LogP contribution is -2.57. The summed E-state index contributed by atoms with van der Waals surface area (Å²) in [7, 11) is 0. The van der Waals surface area contributed by atoms with E-state index in [1.165, 1.54) is 12.8 Å². The molecule has 18 heavy (non-hydrogen) atoms. The molecule has 0 amide bonds. The first-order valence-electron chi connectivity index (χ1n) is 7.45. The number of rotatable bonds is 4. The van der Waals surface area contributed by atoms with Gasteiger partial charge in [0.15, 0.2) is 0 Å². The van der Waals surface area contributed by atoms with Crippen LogP contribution in [0.15, 0.2) is 0 Å². The Morgan fingerprint density at radius 1 is 1.22 bits per heavy atom. The molecule has 0 radical (unpaired) electrons. The zero-order chi connectivity index (χ0) is 13.0. The first-order chi connectivity index (χ1) is 8.70. The molecule has 2 aliphatic heterocycles. The van der Waals surface area contributed by atoms with Crippen molar-refractivity contribution >= 4 is 0 Å². The van der Waals surface area contributed by atoms with Crippen LogP contribution in [0, 0.1) is 5.92 Å². The van der Waals surface area contributed by atoms with Crippen LogP contribution in [0.25, 0.3) is 0 Å². The predicted molar refractivity (Wildman–Crippen MR) is 73.6 cm³/mol. The Balaban J connectivity index is 1.84. The highest BCUT2D eigenvalue weighted by Crippen LogP contribution is 2.19. The Bertz CT molecular complexity index is 241. The Hall–Kier alpha value is -0.190. The van der Waals surface area contributed by atoms with E-state index in [1.807, 2.05) is 0 Å². The van der Waals surface area contributed by atoms with Crippen molar-refractivity contribution in [2.75, 3.05) is 45.9 Å². The Labute approximate surface area is 111 Å². The van der Waals surface area contributed by atoms with Crippen molar-refractivity contribution in [1.29, 1.82) is 0 Å². The second kappa shape index (κ2) is 6.83. The minimum absolute atomic E-state index is 0.121. The second-order valence-electron chi connectivity index (χ2n) is 6.09. The molecule has 0 aromatic carbocycles. The maximum atomic E-state index is 13.2. The van der Waals surface area contributed by atoms with Gasteiger partial charge in [0, 0.05) is 32.2 Å². The molecule has 0 aliphatic carbocycles. The minimum Gasteiger partial charge on any atom is -0.317 e. The monoisotopic (exact) mass is 257 g/mol. The predicted octanol–water partition coefficient (Wildman–Crippen LogP) is 1.35. The third kappa shape index (κ3) is 3.65. The van der Waals surface area contributed by atoms with Crippen molar-refractivity contribution < 1.29 is 4.39 Å². The molecular formula is C14H28FN3. The van der Waals surface area contributed by atoms with E-state index in [0.717, 1.165) is 45.2 Å². The topological polar surface area (TPSA) is 18.5 Å². The van der Waals surface area contributed by atoms with E-state index in [4.69, 9.17) is 0 Å². The van der Waals surface area contributed by atoms with Gasteiger partial charge < -0.3 is 5.32 Å². The fourth-order valence-electron chi connectivity index (χ4n) is 3.17. The van der Waals surface area contributed by atoms with Crippen molar-refractivity contribution in [1.82, 2.24) is 15.1 Å². The first-order valence-corrected chi connectivity index (χ1v) is 7.45. The average Bonchev–Trinajstić information content (AvgIpc) is 2.40. The molecule has 0 aromatic rings. The quantitative estimate of drug-likeness (QED) is 0.820. The van der Waals surface area contributed by atoms with Crippen LogP contribution in [-0.4, -0.2) is 67.8 Å². The van der Waals surface area contributed by atoms with Gasteiger partial charge in [0.05, 0.1) is 6.04 Å². The zero-order valence-corrected chi connectivity index (χ0v) is 11.9. The lowest BCUT2D eigenvalue weighted by atomic mass is 9.96. The van der Waals surface area contributed by atoms with Crippen LogP contribution in [0.5, 0.6) is 0 Å². The summed E-state index contributed by atoms with van der Waals surface area (Å²) in [5, 5.41) is 3.40. The van der Waals surface area contributed by atoms with Gasteiger partial charge in [-0.05, 0) is 45.7 Å². The number of nitrogens with one attached hydrogen (secondary N) is 1. The third-order valence-electron chi connectivity index (χ3n) is 4.50. The summed E-state index contributed by atoms with van der Waals surface area (Å²) in [5.41, 5.74) is 0. The third-order valence-corrected chi connectivity index (χ3v) is 4.50. The fraction of sp³-hybridized carbons (Fsp3) is 1.00. The fourth-order valence-corrected chi connectivity index (χ4v) is 3.17. The molecule has 0 bridgehead atoms. The summed E-state index contributed by atoms with van der Waals surface area (Å²) in [4.78, 5) is 4.80. The molecule has 3 nitrogen and oxygen atoms in total. The van der Waals surface area contributed by atoms with Gasteiger partial charge in [0.2, 0.25) is 0 Å². The van der Waals surface area contributed by atoms with E-state index in [2.05, 4.69) is 29.0 Å². The van der Waals surface area contributed by atoms with Gasteiger partial charge in [0.1, 0.15) is 6.67 Å². The summed E-state index contributed by atoms with van der Waals surface area (Å²) in [5.74, 6) is 0.769. The molecule has 2 rings (SSSR count). The van der Waals surface area contributed by atoms with E-state index in [0.29, 0.717) is 6.04 Å². The van der Waals surface area contributed by atoms with E-state index in [1.54, 1.807) is 0 Å². The minimum atomic E-state index is -0.200. The highest BCUT2D eigenvalue weighted by Gasteiger charge is 2.29. The van der Waals surface area contributed by atoms with Crippen LogP contribution in [0.4, 0.5) is 4.39 Å². The molecule has 1 N–H and O–H groups in total. The maximum absolute atomic E-state index is 13.2. The number of alkyl halides is 1. The van der Waals surface area contributed by atoms with Crippen molar-refractivity contribution in [2.45, 2.75) is 38.8 Å². The summed E-state index contributed by atoms with van der Waals surface area (Å²) >= 11 is 0. The number of hydrogen-bond donors (Lipinski definition) is 1. The Kier molecular flexibility index (Phi) is 5.39. The molecular weight excluding hydrogens is 229 g/mol. The van der Waals surface area contributed by atoms with Crippen LogP contribution in [0.2, 0.25) is 0 Å². The zero-order valence-electron chi connectivity index (χ0n) is 11.9. The van der Waals surface area contributed by atoms with E-state index in [9.17, 15) is 4.39 Å². The lowest BCUT2D eigenvalue weighted by Gasteiger charge is -2.43. The van der Waals surface area contributed by atoms with Gasteiger partial charge in [-0.15, -0.1) is 0 Å². The standard InChI is InChI=1S/C14H28FN3/c1-12(2)17-7-8-18(14(9-15)11-17)10-13-3-5-16-6-4-13/h12-14,16H,3-11H2,1-2H3/t14-/m0/s1. The van der Waals surface area contributed by atoms with Crippen LogP contribution in [-0.2, 0) is 0 Å². The molecule has 0 spiro atoms. The summed E-state index contributed by atoms with van der Waals surface area (Å²) in [6.45, 7) is 10.6. The summed E-state index contributed by atoms with van der Waals surface area (Å²) in [6, 6.07) is 0.663. The SMILES string of the molecule is CC(C)N1CCN(CC2CCNCC2)[C@@H](CF)C1. The van der Waals surface area contributed by atoms with Crippen LogP contribution in [0.3, 0.4) is 0 Å². The average molecular weight is 257 g/mol. The number of halogens is 1. The molecule has 0 unspecified atom stereocenters. The highest BCUT2D eigenvalue weighted by atomic mass is 19.1. The van der Waals surface area contributed by atoms with Gasteiger partial charge in [-0.25, -0.2) is 4.39 Å². The molecule has 1 atom stereocenters. The van der Waals surface area contributed by atoms with Crippen molar-refractivity contribution in [3.05, 3.63) is 0 Å². The molecule has 2 saturated heterocycles. The molecule has 4 heteroatoms. The molecule has 106 valence electrons. The highest BCUT2D eigenvalue weighted by molar-refractivity contribution is 4.85. The largest absolute Gasteiger partial charge is 0.317 e. The van der Waals surface area contributed by atoms with Crippen molar-refractivity contribution in [2.24, 2.45) is 5.92 Å². The summed E-state index contributed by atoms with van der Waals surface area (Å²) < 4.78 is 13.2. The van der Waals surface area contributed by atoms with Crippen LogP contribution >= 0.6 is 0 Å². The van der Waals surface area contributed by atoms with Gasteiger partial charge in [-0.3, -0.25) is 9.80 Å². The smallest absolute Gasteiger partial charge is 0.106 e. The first kappa shape index (κ1) is 14.2. The number of hydrogen-bond acceptors (Lipinski definition) is 3. The Morgan fingerprint density at radius 2 is 1.94 bits per heavy atom. The van der Waals surface area contributed by atoms with E-state index in [-0.39, 0.29) is 12.7 Å². The van der Waals surface area contributed by atoms with Crippen LogP contribution < -0.4 is 5.32 Å². The number of nitrogens with zero attached hydrogens (tertiary/aromatic N) is 2. The number of piperidine rings is 1. The van der Waals surface area contributed by atoms with Gasteiger partial charge in [0.25, 0.3) is 0 Å². The summed E-state index contributed by atoms with van der Waals surface area (Å²) in [6.07, 6.45) is 2.51. The van der Waals surface area contributed by atoms with Crippen molar-refractivity contribution in [3.63, 3.8) is 0 Å². The van der Waals surface area contributed by atoms with Gasteiger partial charge in [-0.2, -0.15) is 0 Å². The lowest BCUT2D eigenvalue weighted by molar-refractivity contribution is 0.0313. The Morgan fingerprint density at radius 3 is 2.56 bits per heavy atom. The van der Waals surface area contributed by atoms with Gasteiger partial charge >= 0.3 is 0 Å². The van der Waals surface area contributed by atoms with Crippen molar-refractivity contribution in [3.8, 4) is 0 Å². The molecule has 2 fully saturated rings. The number of piperazine rings is 1. The molecule has 0 aromatic heterocycles.